The zero-order chi connectivity index (χ0) is 13.3. The van der Waals surface area contributed by atoms with Crippen LogP contribution < -0.4 is 10.6 Å². The van der Waals surface area contributed by atoms with Crippen molar-refractivity contribution in [1.29, 1.82) is 0 Å². The zero-order valence-corrected chi connectivity index (χ0v) is 11.8. The van der Waals surface area contributed by atoms with Gasteiger partial charge in [-0.15, -0.1) is 0 Å². The molecule has 1 aromatic rings. The van der Waals surface area contributed by atoms with Gasteiger partial charge in [0.25, 0.3) is 0 Å². The number of hydrogen-bond donors (Lipinski definition) is 2. The first kappa shape index (κ1) is 14.1. The van der Waals surface area contributed by atoms with Crippen molar-refractivity contribution in [2.75, 3.05) is 30.3 Å². The number of nitrogens with zero attached hydrogens (tertiary/aromatic N) is 1. The van der Waals surface area contributed by atoms with Crippen LogP contribution in [0, 0.1) is 0 Å². The first-order valence-corrected chi connectivity index (χ1v) is 7.43. The number of rotatable bonds is 8. The van der Waals surface area contributed by atoms with E-state index in [-0.39, 0.29) is 0 Å². The molecule has 0 saturated heterocycles. The van der Waals surface area contributed by atoms with Crippen LogP contribution in [0.4, 0.5) is 11.4 Å². The van der Waals surface area contributed by atoms with Crippen LogP contribution in [0.25, 0.3) is 0 Å². The molecule has 0 aromatic carbocycles. The molecule has 1 aliphatic carbocycles. The van der Waals surface area contributed by atoms with Crippen LogP contribution in [0.2, 0.25) is 0 Å². The molecule has 1 aromatic heterocycles. The van der Waals surface area contributed by atoms with E-state index in [9.17, 15) is 0 Å². The predicted molar refractivity (Wildman–Crippen MR) is 79.7 cm³/mol. The van der Waals surface area contributed by atoms with Gasteiger partial charge in [0.1, 0.15) is 0 Å². The van der Waals surface area contributed by atoms with Gasteiger partial charge >= 0.3 is 0 Å². The maximum atomic E-state index is 5.82. The summed E-state index contributed by atoms with van der Waals surface area (Å²) in [5.74, 6) is 0. The molecular weight excluding hydrogens is 238 g/mol. The van der Waals surface area contributed by atoms with Gasteiger partial charge in [0.05, 0.1) is 36.5 Å². The van der Waals surface area contributed by atoms with E-state index in [0.29, 0.717) is 6.10 Å². The Morgan fingerprint density at radius 2 is 1.84 bits per heavy atom. The van der Waals surface area contributed by atoms with E-state index in [1.807, 2.05) is 12.4 Å². The second kappa shape index (κ2) is 8.00. The smallest absolute Gasteiger partial charge is 0.0642 e. The fourth-order valence-corrected chi connectivity index (χ4v) is 2.38. The highest BCUT2D eigenvalue weighted by Crippen LogP contribution is 2.20. The number of pyridine rings is 1. The zero-order valence-electron chi connectivity index (χ0n) is 11.8. The topological polar surface area (TPSA) is 46.2 Å². The van der Waals surface area contributed by atoms with E-state index in [0.717, 1.165) is 37.5 Å². The Labute approximate surface area is 116 Å². The van der Waals surface area contributed by atoms with E-state index in [1.54, 1.807) is 0 Å². The lowest BCUT2D eigenvalue weighted by Crippen LogP contribution is -2.15. The molecule has 4 nitrogen and oxygen atoms in total. The van der Waals surface area contributed by atoms with Crippen LogP contribution in [0.1, 0.15) is 39.0 Å². The second-order valence-corrected chi connectivity index (χ2v) is 5.09. The highest BCUT2D eigenvalue weighted by atomic mass is 16.5. The summed E-state index contributed by atoms with van der Waals surface area (Å²) in [6, 6.07) is 2.10. The fraction of sp³-hybridized carbons (Fsp3) is 0.667. The number of ether oxygens (including phenoxy) is 1. The first-order chi connectivity index (χ1) is 9.38. The summed E-state index contributed by atoms with van der Waals surface area (Å²) in [7, 11) is 0. The van der Waals surface area contributed by atoms with E-state index < -0.39 is 0 Å². The third kappa shape index (κ3) is 5.07. The molecule has 0 amide bonds. The number of anilines is 2. The van der Waals surface area contributed by atoms with Gasteiger partial charge in [0, 0.05) is 13.1 Å². The third-order valence-electron chi connectivity index (χ3n) is 3.40. The molecule has 1 aliphatic rings. The van der Waals surface area contributed by atoms with Gasteiger partial charge in [-0.1, -0.05) is 19.8 Å². The van der Waals surface area contributed by atoms with Crippen LogP contribution in [0.5, 0.6) is 0 Å². The molecule has 0 unspecified atom stereocenters. The lowest BCUT2D eigenvalue weighted by Gasteiger charge is -2.12. The molecule has 0 radical (unpaired) electrons. The van der Waals surface area contributed by atoms with Gasteiger partial charge in [-0.25, -0.2) is 0 Å². The molecule has 0 spiro atoms. The molecule has 0 atom stereocenters. The van der Waals surface area contributed by atoms with E-state index >= 15 is 0 Å². The molecule has 106 valence electrons. The van der Waals surface area contributed by atoms with Gasteiger partial charge < -0.3 is 15.4 Å². The minimum absolute atomic E-state index is 0.498. The monoisotopic (exact) mass is 263 g/mol. The van der Waals surface area contributed by atoms with E-state index in [2.05, 4.69) is 28.6 Å². The van der Waals surface area contributed by atoms with Crippen LogP contribution in [0.15, 0.2) is 18.5 Å². The summed E-state index contributed by atoms with van der Waals surface area (Å²) in [6.07, 6.45) is 10.4. The minimum atomic E-state index is 0.498. The molecule has 1 saturated carbocycles. The Hall–Kier alpha value is -1.29. The summed E-state index contributed by atoms with van der Waals surface area (Å²) in [5, 5.41) is 6.69. The van der Waals surface area contributed by atoms with Crippen molar-refractivity contribution < 1.29 is 4.74 Å². The third-order valence-corrected chi connectivity index (χ3v) is 3.40. The number of hydrogen-bond acceptors (Lipinski definition) is 4. The number of aromatic nitrogens is 1. The molecule has 2 rings (SSSR count). The van der Waals surface area contributed by atoms with E-state index in [4.69, 9.17) is 4.74 Å². The van der Waals surface area contributed by atoms with Gasteiger partial charge in [-0.2, -0.15) is 0 Å². The summed E-state index contributed by atoms with van der Waals surface area (Å²) in [4.78, 5) is 4.23. The molecule has 1 heterocycles. The molecular formula is C15H25N3O. The first-order valence-electron chi connectivity index (χ1n) is 7.43. The standard InChI is InChI=1S/C15H25N3O/c1-2-7-17-13-10-14(12-16-11-13)18-8-9-19-15-5-3-4-6-15/h10-12,15,17-18H,2-9H2,1H3. The average Bonchev–Trinajstić information content (AvgIpc) is 2.95. The summed E-state index contributed by atoms with van der Waals surface area (Å²) < 4.78 is 5.82. The highest BCUT2D eigenvalue weighted by Gasteiger charge is 2.14. The molecule has 1 fully saturated rings. The SMILES string of the molecule is CCCNc1cncc(NCCOC2CCCC2)c1. The van der Waals surface area contributed by atoms with Crippen LogP contribution in [0.3, 0.4) is 0 Å². The lowest BCUT2D eigenvalue weighted by molar-refractivity contribution is 0.0659. The molecule has 0 bridgehead atoms. The van der Waals surface area contributed by atoms with Crippen molar-refractivity contribution in [3.8, 4) is 0 Å². The Morgan fingerprint density at radius 1 is 1.16 bits per heavy atom. The highest BCUT2D eigenvalue weighted by molar-refractivity contribution is 5.53. The second-order valence-electron chi connectivity index (χ2n) is 5.09. The van der Waals surface area contributed by atoms with Gasteiger partial charge in [-0.3, -0.25) is 4.98 Å². The van der Waals surface area contributed by atoms with Crippen LogP contribution in [-0.2, 0) is 4.74 Å². The Balaban J connectivity index is 1.66. The quantitative estimate of drug-likeness (QED) is 0.707. The van der Waals surface area contributed by atoms with Crippen molar-refractivity contribution in [3.63, 3.8) is 0 Å². The molecule has 0 aliphatic heterocycles. The largest absolute Gasteiger partial charge is 0.384 e. The number of nitrogens with one attached hydrogen (secondary N) is 2. The Bertz CT molecular complexity index is 364. The normalized spacial score (nSPS) is 15.6. The lowest BCUT2D eigenvalue weighted by atomic mass is 10.3. The minimum Gasteiger partial charge on any atom is -0.384 e. The fourth-order valence-electron chi connectivity index (χ4n) is 2.38. The van der Waals surface area contributed by atoms with Crippen molar-refractivity contribution in [1.82, 2.24) is 4.98 Å². The maximum Gasteiger partial charge on any atom is 0.0642 e. The predicted octanol–water partition coefficient (Wildman–Crippen LogP) is 3.27. The Morgan fingerprint density at radius 3 is 2.53 bits per heavy atom. The summed E-state index contributed by atoms with van der Waals surface area (Å²) in [5.41, 5.74) is 2.12. The van der Waals surface area contributed by atoms with Crippen molar-refractivity contribution in [3.05, 3.63) is 18.5 Å². The average molecular weight is 263 g/mol. The van der Waals surface area contributed by atoms with Crippen molar-refractivity contribution in [2.24, 2.45) is 0 Å². The molecule has 2 N–H and O–H groups in total. The van der Waals surface area contributed by atoms with Crippen molar-refractivity contribution in [2.45, 2.75) is 45.1 Å². The van der Waals surface area contributed by atoms with Crippen LogP contribution >= 0.6 is 0 Å². The van der Waals surface area contributed by atoms with Gasteiger partial charge in [0.2, 0.25) is 0 Å². The van der Waals surface area contributed by atoms with Crippen LogP contribution in [-0.4, -0.2) is 30.8 Å². The summed E-state index contributed by atoms with van der Waals surface area (Å²) >= 11 is 0. The molecule has 4 heteroatoms. The van der Waals surface area contributed by atoms with Gasteiger partial charge in [-0.05, 0) is 25.3 Å². The molecule has 19 heavy (non-hydrogen) atoms. The van der Waals surface area contributed by atoms with Crippen molar-refractivity contribution >= 4 is 11.4 Å². The van der Waals surface area contributed by atoms with E-state index in [1.165, 1.54) is 25.7 Å². The Kier molecular flexibility index (Phi) is 5.95. The van der Waals surface area contributed by atoms with Gasteiger partial charge in [0.15, 0.2) is 0 Å². The summed E-state index contributed by atoms with van der Waals surface area (Å²) in [6.45, 7) is 4.76. The maximum absolute atomic E-state index is 5.82.